The number of piperidine rings is 1. The number of hydrogen-bond donors (Lipinski definition) is 2. The van der Waals surface area contributed by atoms with Gasteiger partial charge in [-0.2, -0.15) is 0 Å². The maximum atomic E-state index is 14.0. The van der Waals surface area contributed by atoms with Crippen LogP contribution in [0.1, 0.15) is 12.8 Å². The van der Waals surface area contributed by atoms with E-state index in [4.69, 9.17) is 5.73 Å². The van der Waals surface area contributed by atoms with Crippen LogP contribution in [0.15, 0.2) is 21.5 Å². The van der Waals surface area contributed by atoms with Gasteiger partial charge in [-0.1, -0.05) is 0 Å². The predicted molar refractivity (Wildman–Crippen MR) is 79.4 cm³/mol. The average molecular weight is 366 g/mol. The fourth-order valence-electron chi connectivity index (χ4n) is 2.32. The van der Waals surface area contributed by atoms with Gasteiger partial charge in [-0.3, -0.25) is 0 Å². The Hall–Kier alpha value is -0.700. The van der Waals surface area contributed by atoms with Gasteiger partial charge in [-0.05, 0) is 54.5 Å². The van der Waals surface area contributed by atoms with Gasteiger partial charge in [0.2, 0.25) is 10.0 Å². The van der Waals surface area contributed by atoms with E-state index in [-0.39, 0.29) is 16.2 Å². The van der Waals surface area contributed by atoms with Gasteiger partial charge >= 0.3 is 0 Å². The van der Waals surface area contributed by atoms with E-state index in [9.17, 15) is 12.8 Å². The Morgan fingerprint density at radius 1 is 1.50 bits per heavy atom. The van der Waals surface area contributed by atoms with Crippen LogP contribution in [-0.4, -0.2) is 39.5 Å². The first-order chi connectivity index (χ1) is 9.29. The molecule has 112 valence electrons. The Labute approximate surface area is 126 Å². The molecular weight excluding hydrogens is 349 g/mol. The number of nitrogens with two attached hydrogens (primary N) is 1. The standard InChI is InChI=1S/C12H17BrFN3O2S/c1-17-4-2-3-9(7-17)16-20(18,19)11-6-8(15)5-10(13)12(11)14/h5-6,9,16H,2-4,7,15H2,1H3. The molecule has 1 heterocycles. The first kappa shape index (κ1) is 15.7. The number of nitrogens with zero attached hydrogens (tertiary/aromatic N) is 1. The van der Waals surface area contributed by atoms with Crippen molar-refractivity contribution in [3.63, 3.8) is 0 Å². The lowest BCUT2D eigenvalue weighted by atomic mass is 10.1. The smallest absolute Gasteiger partial charge is 0.243 e. The van der Waals surface area contributed by atoms with Crippen molar-refractivity contribution in [2.24, 2.45) is 0 Å². The lowest BCUT2D eigenvalue weighted by molar-refractivity contribution is 0.242. The molecule has 1 aliphatic heterocycles. The van der Waals surface area contributed by atoms with Crippen LogP contribution in [0.5, 0.6) is 0 Å². The van der Waals surface area contributed by atoms with Gasteiger partial charge in [0.25, 0.3) is 0 Å². The van der Waals surface area contributed by atoms with Crippen molar-refractivity contribution >= 4 is 31.6 Å². The van der Waals surface area contributed by atoms with Crippen molar-refractivity contribution in [1.29, 1.82) is 0 Å². The van der Waals surface area contributed by atoms with E-state index in [1.165, 1.54) is 6.07 Å². The molecule has 0 bridgehead atoms. The van der Waals surface area contributed by atoms with E-state index in [0.717, 1.165) is 25.5 Å². The zero-order valence-electron chi connectivity index (χ0n) is 11.1. The predicted octanol–water partition coefficient (Wildman–Crippen LogP) is 1.54. The Balaban J connectivity index is 2.26. The molecule has 2 rings (SSSR count). The molecule has 1 aromatic carbocycles. The van der Waals surface area contributed by atoms with Gasteiger partial charge in [-0.15, -0.1) is 0 Å². The summed E-state index contributed by atoms with van der Waals surface area (Å²) in [6, 6.07) is 2.26. The molecule has 5 nitrogen and oxygen atoms in total. The minimum absolute atomic E-state index is 0.0404. The number of halogens is 2. The number of benzene rings is 1. The van der Waals surface area contributed by atoms with Gasteiger partial charge in [0.1, 0.15) is 4.90 Å². The van der Waals surface area contributed by atoms with Gasteiger partial charge in [0.05, 0.1) is 4.47 Å². The molecule has 1 aromatic rings. The molecule has 1 fully saturated rings. The highest BCUT2D eigenvalue weighted by atomic mass is 79.9. The van der Waals surface area contributed by atoms with Gasteiger partial charge in [0.15, 0.2) is 5.82 Å². The number of nitrogen functional groups attached to an aromatic ring is 1. The van der Waals surface area contributed by atoms with E-state index in [1.54, 1.807) is 0 Å². The van der Waals surface area contributed by atoms with Crippen molar-refractivity contribution < 1.29 is 12.8 Å². The normalized spacial score (nSPS) is 21.1. The van der Waals surface area contributed by atoms with Crippen LogP contribution in [0.2, 0.25) is 0 Å². The number of likely N-dealkylation sites (N-methyl/N-ethyl adjacent to an activating group) is 1. The molecular formula is C12H17BrFN3O2S. The van der Waals surface area contributed by atoms with Crippen LogP contribution in [0.4, 0.5) is 10.1 Å². The first-order valence-electron chi connectivity index (χ1n) is 6.25. The first-order valence-corrected chi connectivity index (χ1v) is 8.52. The number of nitrogens with one attached hydrogen (secondary N) is 1. The highest BCUT2D eigenvalue weighted by molar-refractivity contribution is 9.10. The molecule has 1 unspecified atom stereocenters. The fourth-order valence-corrected chi connectivity index (χ4v) is 4.33. The van der Waals surface area contributed by atoms with E-state index < -0.39 is 20.7 Å². The second-order valence-electron chi connectivity index (χ2n) is 5.04. The third kappa shape index (κ3) is 3.49. The average Bonchev–Trinajstić information content (AvgIpc) is 2.33. The second kappa shape index (κ2) is 5.97. The summed E-state index contributed by atoms with van der Waals surface area (Å²) in [5, 5.41) is 0. The van der Waals surface area contributed by atoms with Gasteiger partial charge in [-0.25, -0.2) is 17.5 Å². The number of sulfonamides is 1. The molecule has 0 aromatic heterocycles. The summed E-state index contributed by atoms with van der Waals surface area (Å²) in [5.74, 6) is -0.823. The van der Waals surface area contributed by atoms with Gasteiger partial charge in [0, 0.05) is 18.3 Å². The summed E-state index contributed by atoms with van der Waals surface area (Å²) in [6.07, 6.45) is 1.65. The van der Waals surface area contributed by atoms with Crippen LogP contribution in [0, 0.1) is 5.82 Å². The van der Waals surface area contributed by atoms with Crippen LogP contribution in [-0.2, 0) is 10.0 Å². The largest absolute Gasteiger partial charge is 0.399 e. The summed E-state index contributed by atoms with van der Waals surface area (Å²) in [4.78, 5) is 1.63. The van der Waals surface area contributed by atoms with Crippen molar-refractivity contribution in [2.45, 2.75) is 23.8 Å². The Morgan fingerprint density at radius 2 is 2.20 bits per heavy atom. The van der Waals surface area contributed by atoms with E-state index >= 15 is 0 Å². The van der Waals surface area contributed by atoms with Crippen molar-refractivity contribution in [3.8, 4) is 0 Å². The van der Waals surface area contributed by atoms with E-state index in [2.05, 4.69) is 20.7 Å². The molecule has 0 amide bonds. The summed E-state index contributed by atoms with van der Waals surface area (Å²) in [7, 11) is -1.99. The maximum Gasteiger partial charge on any atom is 0.243 e. The maximum absolute atomic E-state index is 14.0. The van der Waals surface area contributed by atoms with E-state index in [0.29, 0.717) is 6.54 Å². The van der Waals surface area contributed by atoms with Crippen molar-refractivity contribution in [3.05, 3.63) is 22.4 Å². The Kier molecular flexibility index (Phi) is 4.68. The van der Waals surface area contributed by atoms with E-state index in [1.807, 2.05) is 11.9 Å². The molecule has 1 aliphatic rings. The molecule has 0 saturated carbocycles. The lowest BCUT2D eigenvalue weighted by Crippen LogP contribution is -2.46. The molecule has 0 radical (unpaired) electrons. The Bertz CT molecular complexity index is 609. The number of rotatable bonds is 3. The van der Waals surface area contributed by atoms with Crippen LogP contribution in [0.25, 0.3) is 0 Å². The molecule has 0 spiro atoms. The summed E-state index contributed by atoms with van der Waals surface area (Å²) in [6.45, 7) is 1.56. The third-order valence-corrected chi connectivity index (χ3v) is 5.35. The lowest BCUT2D eigenvalue weighted by Gasteiger charge is -2.30. The molecule has 8 heteroatoms. The quantitative estimate of drug-likeness (QED) is 0.796. The summed E-state index contributed by atoms with van der Waals surface area (Å²) < 4.78 is 41.1. The highest BCUT2D eigenvalue weighted by Crippen LogP contribution is 2.26. The minimum atomic E-state index is -3.92. The Morgan fingerprint density at radius 3 is 2.85 bits per heavy atom. The fraction of sp³-hybridized carbons (Fsp3) is 0.500. The number of anilines is 1. The van der Waals surface area contributed by atoms with Crippen LogP contribution < -0.4 is 10.5 Å². The van der Waals surface area contributed by atoms with Crippen LogP contribution in [0.3, 0.4) is 0 Å². The molecule has 1 atom stereocenters. The van der Waals surface area contributed by atoms with Gasteiger partial charge < -0.3 is 10.6 Å². The summed E-state index contributed by atoms with van der Waals surface area (Å²) >= 11 is 2.97. The highest BCUT2D eigenvalue weighted by Gasteiger charge is 2.27. The zero-order valence-corrected chi connectivity index (χ0v) is 13.5. The number of hydrogen-bond acceptors (Lipinski definition) is 4. The second-order valence-corrected chi connectivity index (χ2v) is 7.57. The molecule has 3 N–H and O–H groups in total. The minimum Gasteiger partial charge on any atom is -0.399 e. The zero-order chi connectivity index (χ0) is 14.9. The molecule has 0 aliphatic carbocycles. The molecule has 1 saturated heterocycles. The van der Waals surface area contributed by atoms with Crippen molar-refractivity contribution in [2.75, 3.05) is 25.9 Å². The van der Waals surface area contributed by atoms with Crippen molar-refractivity contribution in [1.82, 2.24) is 9.62 Å². The SMILES string of the molecule is CN1CCCC(NS(=O)(=O)c2cc(N)cc(Br)c2F)C1. The van der Waals surface area contributed by atoms with Crippen LogP contribution >= 0.6 is 15.9 Å². The monoisotopic (exact) mass is 365 g/mol. The topological polar surface area (TPSA) is 75.4 Å². The third-order valence-electron chi connectivity index (χ3n) is 3.25. The number of likely N-dealkylation sites (tertiary alicyclic amines) is 1. The molecule has 20 heavy (non-hydrogen) atoms. The summed E-state index contributed by atoms with van der Waals surface area (Å²) in [5.41, 5.74) is 5.78.